The van der Waals surface area contributed by atoms with E-state index in [0.717, 1.165) is 15.9 Å². The van der Waals surface area contributed by atoms with Gasteiger partial charge in [-0.2, -0.15) is 0 Å². The predicted octanol–water partition coefficient (Wildman–Crippen LogP) is 1.30. The predicted molar refractivity (Wildman–Crippen MR) is 48.4 cm³/mol. The molecule has 0 aliphatic rings. The summed E-state index contributed by atoms with van der Waals surface area (Å²) in [6, 6.07) is 3.64. The zero-order valence-corrected chi connectivity index (χ0v) is 7.39. The molecule has 62 valence electrons. The van der Waals surface area contributed by atoms with Gasteiger partial charge in [0.15, 0.2) is 0 Å². The summed E-state index contributed by atoms with van der Waals surface area (Å²) in [4.78, 5) is 7.94. The lowest BCUT2D eigenvalue weighted by atomic mass is 10.4. The zero-order valence-electron chi connectivity index (χ0n) is 6.57. The van der Waals surface area contributed by atoms with E-state index in [2.05, 4.69) is 9.97 Å². The molecule has 0 fully saturated rings. The van der Waals surface area contributed by atoms with Crippen LogP contribution in [0.15, 0.2) is 29.4 Å². The van der Waals surface area contributed by atoms with Crippen LogP contribution in [0.4, 0.5) is 0 Å². The Morgan fingerprint density at radius 1 is 1.50 bits per heavy atom. The van der Waals surface area contributed by atoms with Crippen molar-refractivity contribution in [3.05, 3.63) is 24.5 Å². The normalized spacial score (nSPS) is 13.4. The summed E-state index contributed by atoms with van der Waals surface area (Å²) in [5, 5.41) is 0. The maximum Gasteiger partial charge on any atom is 0.0891 e. The van der Waals surface area contributed by atoms with E-state index < -0.39 is 10.8 Å². The van der Waals surface area contributed by atoms with Gasteiger partial charge < -0.3 is 4.98 Å². The van der Waals surface area contributed by atoms with Crippen LogP contribution in [0.1, 0.15) is 0 Å². The van der Waals surface area contributed by atoms with Crippen molar-refractivity contribution in [2.45, 2.75) is 4.90 Å². The molecule has 1 atom stereocenters. The molecule has 1 unspecified atom stereocenters. The van der Waals surface area contributed by atoms with Crippen molar-refractivity contribution in [2.75, 3.05) is 6.26 Å². The van der Waals surface area contributed by atoms with E-state index in [9.17, 15) is 4.21 Å². The molecule has 3 nitrogen and oxygen atoms in total. The fourth-order valence-corrected chi connectivity index (χ4v) is 1.88. The van der Waals surface area contributed by atoms with Gasteiger partial charge in [0.1, 0.15) is 0 Å². The highest BCUT2D eigenvalue weighted by molar-refractivity contribution is 7.84. The summed E-state index contributed by atoms with van der Waals surface area (Å²) in [7, 11) is -0.953. The first kappa shape index (κ1) is 7.49. The van der Waals surface area contributed by atoms with Gasteiger partial charge in [0.05, 0.1) is 26.7 Å². The number of nitrogens with zero attached hydrogens (tertiary/aromatic N) is 1. The van der Waals surface area contributed by atoms with Crippen LogP contribution in [0.5, 0.6) is 0 Å². The van der Waals surface area contributed by atoms with Crippen molar-refractivity contribution in [2.24, 2.45) is 0 Å². The average Bonchev–Trinajstić information content (AvgIpc) is 2.49. The van der Waals surface area contributed by atoms with Gasteiger partial charge in [-0.15, -0.1) is 0 Å². The molecule has 0 saturated carbocycles. The number of nitrogens with one attached hydrogen (secondary N) is 1. The summed E-state index contributed by atoms with van der Waals surface area (Å²) in [6.45, 7) is 0. The third-order valence-electron chi connectivity index (χ3n) is 1.72. The van der Waals surface area contributed by atoms with Gasteiger partial charge in [-0.3, -0.25) is 9.19 Å². The second kappa shape index (κ2) is 2.71. The molecule has 0 spiro atoms. The van der Waals surface area contributed by atoms with Crippen LogP contribution in [-0.4, -0.2) is 20.4 Å². The van der Waals surface area contributed by atoms with Crippen molar-refractivity contribution in [1.82, 2.24) is 9.97 Å². The number of aromatic amines is 1. The Bertz CT molecular complexity index is 435. The highest BCUT2D eigenvalue weighted by atomic mass is 32.2. The zero-order chi connectivity index (χ0) is 8.55. The molecule has 0 aliphatic heterocycles. The van der Waals surface area contributed by atoms with Gasteiger partial charge in [0.2, 0.25) is 0 Å². The molecular weight excluding hydrogens is 172 g/mol. The Kier molecular flexibility index (Phi) is 1.69. The van der Waals surface area contributed by atoms with E-state index >= 15 is 0 Å². The fraction of sp³-hybridized carbons (Fsp3) is 0.125. The third-order valence-corrected chi connectivity index (χ3v) is 2.68. The van der Waals surface area contributed by atoms with Gasteiger partial charge in [-0.1, -0.05) is 0 Å². The molecule has 12 heavy (non-hydrogen) atoms. The summed E-state index contributed by atoms with van der Waals surface area (Å²) in [5.41, 5.74) is 1.74. The van der Waals surface area contributed by atoms with Crippen LogP contribution in [0.25, 0.3) is 11.0 Å². The summed E-state index contributed by atoms with van der Waals surface area (Å²) < 4.78 is 11.2. The van der Waals surface area contributed by atoms with E-state index in [1.54, 1.807) is 24.7 Å². The molecule has 0 aliphatic carbocycles. The molecule has 0 aromatic carbocycles. The number of hydrogen-bond donors (Lipinski definition) is 1. The Balaban J connectivity index is 2.82. The molecule has 2 aromatic heterocycles. The quantitative estimate of drug-likeness (QED) is 0.719. The first-order chi connectivity index (χ1) is 5.79. The molecule has 0 amide bonds. The van der Waals surface area contributed by atoms with E-state index in [4.69, 9.17) is 0 Å². The fourth-order valence-electron chi connectivity index (χ4n) is 1.17. The Morgan fingerprint density at radius 2 is 2.33 bits per heavy atom. The van der Waals surface area contributed by atoms with Gasteiger partial charge >= 0.3 is 0 Å². The Labute approximate surface area is 72.3 Å². The maximum atomic E-state index is 11.2. The first-order valence-electron chi connectivity index (χ1n) is 3.54. The van der Waals surface area contributed by atoms with Crippen molar-refractivity contribution in [3.63, 3.8) is 0 Å². The number of H-pyrrole nitrogens is 1. The Morgan fingerprint density at radius 3 is 3.08 bits per heavy atom. The van der Waals surface area contributed by atoms with Crippen LogP contribution < -0.4 is 0 Å². The molecule has 2 rings (SSSR count). The summed E-state index contributed by atoms with van der Waals surface area (Å²) in [5.74, 6) is 0. The van der Waals surface area contributed by atoms with Crippen molar-refractivity contribution in [3.8, 4) is 0 Å². The van der Waals surface area contributed by atoms with Crippen LogP contribution in [0.3, 0.4) is 0 Å². The molecule has 0 saturated heterocycles. The third kappa shape index (κ3) is 1.04. The second-order valence-electron chi connectivity index (χ2n) is 2.50. The number of fused-ring (bicyclic) bond motifs is 1. The standard InChI is InChI=1S/C8H8N2OS/c1-12(11)7-3-5-9-6-2-4-10-8(6)7/h2-5,10H,1H3. The molecule has 0 bridgehead atoms. The summed E-state index contributed by atoms with van der Waals surface area (Å²) in [6.07, 6.45) is 5.14. The molecule has 0 radical (unpaired) electrons. The van der Waals surface area contributed by atoms with Crippen LogP contribution in [0.2, 0.25) is 0 Å². The minimum Gasteiger partial charge on any atom is -0.359 e. The van der Waals surface area contributed by atoms with E-state index in [0.29, 0.717) is 0 Å². The van der Waals surface area contributed by atoms with Crippen LogP contribution >= 0.6 is 0 Å². The monoisotopic (exact) mass is 180 g/mol. The van der Waals surface area contributed by atoms with Crippen LogP contribution in [0, 0.1) is 0 Å². The number of rotatable bonds is 1. The minimum absolute atomic E-state index is 0.810. The minimum atomic E-state index is -0.953. The van der Waals surface area contributed by atoms with Crippen molar-refractivity contribution in [1.29, 1.82) is 0 Å². The van der Waals surface area contributed by atoms with Gasteiger partial charge in [-0.05, 0) is 12.1 Å². The second-order valence-corrected chi connectivity index (χ2v) is 3.85. The Hall–Kier alpha value is -1.16. The maximum absolute atomic E-state index is 11.2. The molecule has 2 heterocycles. The van der Waals surface area contributed by atoms with Crippen molar-refractivity contribution < 1.29 is 4.21 Å². The smallest absolute Gasteiger partial charge is 0.0891 e. The van der Waals surface area contributed by atoms with Gasteiger partial charge in [0, 0.05) is 18.6 Å². The highest BCUT2D eigenvalue weighted by Gasteiger charge is 2.04. The molecular formula is C8H8N2OS. The highest BCUT2D eigenvalue weighted by Crippen LogP contribution is 2.16. The lowest BCUT2D eigenvalue weighted by Gasteiger charge is -1.96. The SMILES string of the molecule is CS(=O)c1ccnc2cc[nH]c12. The van der Waals surface area contributed by atoms with E-state index in [1.807, 2.05) is 6.07 Å². The van der Waals surface area contributed by atoms with Crippen LogP contribution in [-0.2, 0) is 10.8 Å². The molecule has 1 N–H and O–H groups in total. The number of pyridine rings is 1. The lowest BCUT2D eigenvalue weighted by Crippen LogP contribution is -1.89. The van der Waals surface area contributed by atoms with E-state index in [1.165, 1.54) is 0 Å². The van der Waals surface area contributed by atoms with Gasteiger partial charge in [0.25, 0.3) is 0 Å². The topological polar surface area (TPSA) is 45.8 Å². The van der Waals surface area contributed by atoms with Crippen molar-refractivity contribution >= 4 is 21.8 Å². The van der Waals surface area contributed by atoms with Gasteiger partial charge in [-0.25, -0.2) is 0 Å². The largest absolute Gasteiger partial charge is 0.359 e. The summed E-state index contributed by atoms with van der Waals surface area (Å²) >= 11 is 0. The number of aromatic nitrogens is 2. The molecule has 4 heteroatoms. The lowest BCUT2D eigenvalue weighted by molar-refractivity contribution is 0.687. The first-order valence-corrected chi connectivity index (χ1v) is 5.10. The number of hydrogen-bond acceptors (Lipinski definition) is 2. The molecule has 2 aromatic rings. The average molecular weight is 180 g/mol. The van der Waals surface area contributed by atoms with E-state index in [-0.39, 0.29) is 0 Å².